The number of rotatable bonds is 9. The van der Waals surface area contributed by atoms with E-state index in [0.29, 0.717) is 11.4 Å². The highest BCUT2D eigenvalue weighted by Crippen LogP contribution is 2.36. The topological polar surface area (TPSA) is 97.7 Å². The summed E-state index contributed by atoms with van der Waals surface area (Å²) in [7, 11) is 0. The number of aromatic nitrogens is 2. The monoisotopic (exact) mass is 653 g/mol. The van der Waals surface area contributed by atoms with Crippen LogP contribution in [0.3, 0.4) is 0 Å². The Kier molecular flexibility index (Phi) is 10.1. The van der Waals surface area contributed by atoms with E-state index in [0.717, 1.165) is 53.9 Å². The zero-order chi connectivity index (χ0) is 30.6. The summed E-state index contributed by atoms with van der Waals surface area (Å²) >= 11 is 1.57. The van der Waals surface area contributed by atoms with Gasteiger partial charge in [0.2, 0.25) is 0 Å². The minimum atomic E-state index is -0.783. The van der Waals surface area contributed by atoms with Crippen molar-refractivity contribution >= 4 is 45.6 Å². The fourth-order valence-electron chi connectivity index (χ4n) is 4.99. The van der Waals surface area contributed by atoms with Gasteiger partial charge in [0.1, 0.15) is 22.9 Å². The number of fused-ring (bicyclic) bond motifs is 1. The van der Waals surface area contributed by atoms with E-state index in [1.165, 1.54) is 53.2 Å². The van der Waals surface area contributed by atoms with Gasteiger partial charge in [-0.15, -0.1) is 23.7 Å². The number of halogens is 3. The third kappa shape index (κ3) is 7.15. The third-order valence-electron chi connectivity index (χ3n) is 7.11. The Morgan fingerprint density at radius 3 is 2.53 bits per heavy atom. The van der Waals surface area contributed by atoms with Crippen LogP contribution >= 0.6 is 23.7 Å². The molecule has 45 heavy (non-hydrogen) atoms. The van der Waals surface area contributed by atoms with Gasteiger partial charge in [0.15, 0.2) is 11.6 Å². The number of carbonyl (C=O) groups is 1. The normalized spacial score (nSPS) is 13.3. The molecule has 2 N–H and O–H groups in total. The first-order valence-corrected chi connectivity index (χ1v) is 14.9. The number of piperazine rings is 1. The van der Waals surface area contributed by atoms with Crippen molar-refractivity contribution in [1.82, 2.24) is 19.8 Å². The minimum absolute atomic E-state index is 0. The van der Waals surface area contributed by atoms with Gasteiger partial charge in [-0.3, -0.25) is 24.0 Å². The molecule has 2 aromatic carbocycles. The zero-order valence-electron chi connectivity index (χ0n) is 24.2. The number of pyridine rings is 2. The van der Waals surface area contributed by atoms with Gasteiger partial charge in [-0.1, -0.05) is 0 Å². The predicted octanol–water partition coefficient (Wildman–Crippen LogP) is 6.00. The third-order valence-corrected chi connectivity index (χ3v) is 8.23. The number of anilines is 1. The molecule has 0 unspecified atom stereocenters. The largest absolute Gasteiger partial charge is 0.493 e. The van der Waals surface area contributed by atoms with E-state index >= 15 is 4.39 Å². The lowest BCUT2D eigenvalue weighted by Gasteiger charge is -2.26. The summed E-state index contributed by atoms with van der Waals surface area (Å²) < 4.78 is 42.3. The molecule has 13 heteroatoms. The molecular formula is C32H30ClF2N5O4S. The highest BCUT2D eigenvalue weighted by molar-refractivity contribution is 7.19. The van der Waals surface area contributed by atoms with Crippen LogP contribution in [0.15, 0.2) is 77.9 Å². The van der Waals surface area contributed by atoms with Gasteiger partial charge in [0, 0.05) is 73.5 Å². The van der Waals surface area contributed by atoms with Gasteiger partial charge in [-0.05, 0) is 55.5 Å². The fourth-order valence-corrected chi connectivity index (χ4v) is 6.10. The van der Waals surface area contributed by atoms with Crippen LogP contribution in [-0.4, -0.2) is 53.1 Å². The second-order valence-electron chi connectivity index (χ2n) is 10.1. The van der Waals surface area contributed by atoms with Crippen molar-refractivity contribution in [3.8, 4) is 22.9 Å². The van der Waals surface area contributed by atoms with Crippen molar-refractivity contribution in [2.45, 2.75) is 13.5 Å². The number of ether oxygens (including phenoxy) is 2. The number of hydrogen-bond acceptors (Lipinski definition) is 8. The number of benzene rings is 2. The highest BCUT2D eigenvalue weighted by Gasteiger charge is 2.21. The van der Waals surface area contributed by atoms with Gasteiger partial charge >= 0.3 is 0 Å². The molecule has 9 nitrogen and oxygen atoms in total. The lowest BCUT2D eigenvalue weighted by molar-refractivity contribution is 0.102. The summed E-state index contributed by atoms with van der Waals surface area (Å²) in [6, 6.07) is 14.5. The van der Waals surface area contributed by atoms with Crippen LogP contribution in [0.5, 0.6) is 17.2 Å². The van der Waals surface area contributed by atoms with E-state index in [1.807, 2.05) is 6.07 Å². The highest BCUT2D eigenvalue weighted by atomic mass is 35.5. The molecule has 1 fully saturated rings. The smallest absolute Gasteiger partial charge is 0.271 e. The Morgan fingerprint density at radius 2 is 1.80 bits per heavy atom. The lowest BCUT2D eigenvalue weighted by atomic mass is 10.2. The van der Waals surface area contributed by atoms with Crippen LogP contribution in [0.25, 0.3) is 15.9 Å². The van der Waals surface area contributed by atoms with E-state index in [2.05, 4.69) is 20.5 Å². The van der Waals surface area contributed by atoms with Crippen LogP contribution in [0, 0.1) is 11.6 Å². The number of hydrogen-bond donors (Lipinski definition) is 2. The Hall–Kier alpha value is -4.36. The van der Waals surface area contributed by atoms with Gasteiger partial charge in [-0.2, -0.15) is 0 Å². The van der Waals surface area contributed by atoms with Crippen molar-refractivity contribution in [2.24, 2.45) is 0 Å². The molecule has 0 aliphatic carbocycles. The maximum absolute atomic E-state index is 15.3. The maximum Gasteiger partial charge on any atom is 0.271 e. The zero-order valence-corrected chi connectivity index (χ0v) is 25.9. The molecule has 1 aliphatic rings. The second kappa shape index (κ2) is 14.2. The lowest BCUT2D eigenvalue weighted by Crippen LogP contribution is -2.42. The second-order valence-corrected chi connectivity index (χ2v) is 11.2. The van der Waals surface area contributed by atoms with Crippen LogP contribution in [-0.2, 0) is 6.54 Å². The molecule has 1 saturated heterocycles. The molecule has 1 amide bonds. The first kappa shape index (κ1) is 32.0. The fraction of sp³-hybridized carbons (Fsp3) is 0.219. The number of amides is 1. The number of thiophene rings is 1. The number of nitrogens with one attached hydrogen (secondary N) is 2. The van der Waals surface area contributed by atoms with Crippen molar-refractivity contribution in [1.29, 1.82) is 0 Å². The molecule has 4 heterocycles. The van der Waals surface area contributed by atoms with Crippen LogP contribution in [0.2, 0.25) is 0 Å². The maximum atomic E-state index is 15.3. The summed E-state index contributed by atoms with van der Waals surface area (Å²) in [4.78, 5) is 34.6. The standard InChI is InChI=1S/C32H29F2N5O4S.ClH/c1-2-42-27-10-14-39(22-6-3-20(33)4-7-22)32(41)29(27)31(40)37-21-5-8-26(24(34)17-21)43-28-9-11-36-25-18-23(44-30(25)28)19-38-15-12-35-13-16-38;/h3-11,14,17-18,35H,2,12-13,15-16,19H2,1H3,(H,37,40);1H. The Bertz CT molecular complexity index is 1880. The molecule has 0 radical (unpaired) electrons. The van der Waals surface area contributed by atoms with E-state index in [1.54, 1.807) is 30.5 Å². The average Bonchev–Trinajstić information content (AvgIpc) is 3.43. The van der Waals surface area contributed by atoms with Gasteiger partial charge in [0.25, 0.3) is 11.5 Å². The molecule has 0 spiro atoms. The van der Waals surface area contributed by atoms with Gasteiger partial charge < -0.3 is 20.1 Å². The molecule has 0 saturated carbocycles. The Balaban J connectivity index is 0.00000400. The molecule has 1 aliphatic heterocycles. The van der Waals surface area contributed by atoms with E-state index in [4.69, 9.17) is 9.47 Å². The summed E-state index contributed by atoms with van der Waals surface area (Å²) in [5.74, 6) is -1.42. The minimum Gasteiger partial charge on any atom is -0.493 e. The van der Waals surface area contributed by atoms with Crippen LogP contribution in [0.1, 0.15) is 22.2 Å². The van der Waals surface area contributed by atoms with Gasteiger partial charge in [0.05, 0.1) is 16.8 Å². The van der Waals surface area contributed by atoms with Gasteiger partial charge in [-0.25, -0.2) is 8.78 Å². The molecule has 5 aromatic rings. The molecule has 6 rings (SSSR count). The first-order valence-electron chi connectivity index (χ1n) is 14.1. The summed E-state index contributed by atoms with van der Waals surface area (Å²) in [5, 5.41) is 5.94. The molecular weight excluding hydrogens is 624 g/mol. The summed E-state index contributed by atoms with van der Waals surface area (Å²) in [6.07, 6.45) is 3.07. The predicted molar refractivity (Wildman–Crippen MR) is 173 cm³/mol. The van der Waals surface area contributed by atoms with Crippen molar-refractivity contribution in [3.63, 3.8) is 0 Å². The van der Waals surface area contributed by atoms with Crippen LogP contribution in [0.4, 0.5) is 14.5 Å². The SMILES string of the molecule is CCOc1ccn(-c2ccc(F)cc2)c(=O)c1C(=O)Nc1ccc(Oc2ccnc3cc(CN4CCNCC4)sc23)c(F)c1.Cl. The van der Waals surface area contributed by atoms with E-state index in [9.17, 15) is 14.0 Å². The molecule has 3 aromatic heterocycles. The average molecular weight is 654 g/mol. The molecule has 0 atom stereocenters. The molecule has 0 bridgehead atoms. The first-order chi connectivity index (χ1) is 21.4. The van der Waals surface area contributed by atoms with Crippen molar-refractivity contribution in [3.05, 3.63) is 105 Å². The Morgan fingerprint density at radius 1 is 1.02 bits per heavy atom. The van der Waals surface area contributed by atoms with Crippen LogP contribution < -0.4 is 25.7 Å². The number of nitrogens with zero attached hydrogens (tertiary/aromatic N) is 3. The summed E-state index contributed by atoms with van der Waals surface area (Å²) in [5.41, 5.74) is 0.324. The number of carbonyl (C=O) groups excluding carboxylic acids is 1. The van der Waals surface area contributed by atoms with E-state index < -0.39 is 23.1 Å². The van der Waals surface area contributed by atoms with Crippen molar-refractivity contribution in [2.75, 3.05) is 38.1 Å². The Labute approximate surface area is 267 Å². The van der Waals surface area contributed by atoms with Crippen molar-refractivity contribution < 1.29 is 23.0 Å². The quantitative estimate of drug-likeness (QED) is 0.202. The molecule has 234 valence electrons. The van der Waals surface area contributed by atoms with E-state index in [-0.39, 0.29) is 41.8 Å². The summed E-state index contributed by atoms with van der Waals surface area (Å²) in [6.45, 7) is 6.61.